The molecule has 0 radical (unpaired) electrons. The summed E-state index contributed by atoms with van der Waals surface area (Å²) < 4.78 is 43.1. The average molecular weight is 338 g/mol. The number of rotatable bonds is 5. The predicted octanol–water partition coefficient (Wildman–Crippen LogP) is 4.00. The third kappa shape index (κ3) is 7.90. The van der Waals surface area contributed by atoms with Crippen LogP contribution < -0.4 is 10.6 Å². The molecule has 23 heavy (non-hydrogen) atoms. The number of halogens is 3. The van der Waals surface area contributed by atoms with Crippen molar-refractivity contribution in [2.75, 3.05) is 6.54 Å². The Bertz CT molecular complexity index is 373. The van der Waals surface area contributed by atoms with E-state index in [-0.39, 0.29) is 24.9 Å². The summed E-state index contributed by atoms with van der Waals surface area (Å²) in [6.07, 6.45) is -2.42. The minimum absolute atomic E-state index is 0.0862. The van der Waals surface area contributed by atoms with Crippen molar-refractivity contribution in [2.24, 2.45) is 5.92 Å². The van der Waals surface area contributed by atoms with Gasteiger partial charge in [-0.05, 0) is 52.9 Å². The van der Waals surface area contributed by atoms with Crippen LogP contribution >= 0.6 is 0 Å². The SMILES string of the molecule is CCC(CNC1CCC(C(F)(F)F)CC1)NC(=O)OC(C)(C)C. The maximum absolute atomic E-state index is 12.6. The number of hydrogen-bond donors (Lipinski definition) is 2. The summed E-state index contributed by atoms with van der Waals surface area (Å²) in [6.45, 7) is 7.88. The largest absolute Gasteiger partial charge is 0.444 e. The van der Waals surface area contributed by atoms with Gasteiger partial charge in [0.2, 0.25) is 0 Å². The van der Waals surface area contributed by atoms with Gasteiger partial charge in [-0.25, -0.2) is 4.79 Å². The number of alkyl halides is 3. The zero-order valence-electron chi connectivity index (χ0n) is 14.4. The Labute approximate surface area is 136 Å². The van der Waals surface area contributed by atoms with Crippen LogP contribution in [0.3, 0.4) is 0 Å². The number of carbonyl (C=O) groups excluding carboxylic acids is 1. The molecule has 1 aliphatic rings. The van der Waals surface area contributed by atoms with Gasteiger partial charge in [0, 0.05) is 18.6 Å². The number of nitrogens with one attached hydrogen (secondary N) is 2. The van der Waals surface area contributed by atoms with Crippen molar-refractivity contribution < 1.29 is 22.7 Å². The molecule has 7 heteroatoms. The van der Waals surface area contributed by atoms with E-state index >= 15 is 0 Å². The van der Waals surface area contributed by atoms with Gasteiger partial charge in [-0.2, -0.15) is 13.2 Å². The van der Waals surface area contributed by atoms with Gasteiger partial charge in [0.05, 0.1) is 5.92 Å². The second-order valence-electron chi connectivity index (χ2n) is 7.25. The van der Waals surface area contributed by atoms with Crippen LogP contribution in [-0.4, -0.2) is 36.5 Å². The summed E-state index contributed by atoms with van der Waals surface area (Å²) >= 11 is 0. The summed E-state index contributed by atoms with van der Waals surface area (Å²) in [5, 5.41) is 6.07. The molecule has 1 fully saturated rings. The fraction of sp³-hybridized carbons (Fsp3) is 0.938. The average Bonchev–Trinajstić information content (AvgIpc) is 2.41. The number of ether oxygens (including phenoxy) is 1. The molecule has 1 rings (SSSR count). The molecule has 1 amide bonds. The first-order chi connectivity index (χ1) is 10.5. The van der Waals surface area contributed by atoms with Crippen molar-refractivity contribution in [1.82, 2.24) is 10.6 Å². The fourth-order valence-corrected chi connectivity index (χ4v) is 2.71. The molecule has 2 N–H and O–H groups in total. The monoisotopic (exact) mass is 338 g/mol. The minimum Gasteiger partial charge on any atom is -0.444 e. The Morgan fingerprint density at radius 1 is 1.17 bits per heavy atom. The second kappa shape index (κ2) is 8.22. The third-order valence-electron chi connectivity index (χ3n) is 4.06. The van der Waals surface area contributed by atoms with Crippen LogP contribution in [0.4, 0.5) is 18.0 Å². The lowest BCUT2D eigenvalue weighted by Crippen LogP contribution is -2.47. The van der Waals surface area contributed by atoms with Crippen LogP contribution in [0.25, 0.3) is 0 Å². The van der Waals surface area contributed by atoms with Crippen LogP contribution in [-0.2, 0) is 4.74 Å². The van der Waals surface area contributed by atoms with Crippen LogP contribution in [0, 0.1) is 5.92 Å². The molecular weight excluding hydrogens is 309 g/mol. The zero-order valence-corrected chi connectivity index (χ0v) is 14.4. The van der Waals surface area contributed by atoms with Gasteiger partial charge >= 0.3 is 12.3 Å². The van der Waals surface area contributed by atoms with E-state index in [0.717, 1.165) is 6.42 Å². The van der Waals surface area contributed by atoms with Gasteiger partial charge in [-0.1, -0.05) is 6.92 Å². The molecular formula is C16H29F3N2O2. The third-order valence-corrected chi connectivity index (χ3v) is 4.06. The van der Waals surface area contributed by atoms with Crippen molar-refractivity contribution in [3.05, 3.63) is 0 Å². The first kappa shape index (κ1) is 20.1. The van der Waals surface area contributed by atoms with Gasteiger partial charge in [0.1, 0.15) is 5.60 Å². The van der Waals surface area contributed by atoms with E-state index < -0.39 is 23.8 Å². The van der Waals surface area contributed by atoms with Crippen LogP contribution in [0.1, 0.15) is 59.8 Å². The summed E-state index contributed by atoms with van der Waals surface area (Å²) in [7, 11) is 0. The highest BCUT2D eigenvalue weighted by Crippen LogP contribution is 2.37. The molecule has 0 aliphatic heterocycles. The van der Waals surface area contributed by atoms with E-state index in [4.69, 9.17) is 4.74 Å². The van der Waals surface area contributed by atoms with Crippen LogP contribution in [0.2, 0.25) is 0 Å². The Balaban J connectivity index is 2.32. The minimum atomic E-state index is -4.07. The molecule has 0 aromatic heterocycles. The Kier molecular flexibility index (Phi) is 7.17. The molecule has 136 valence electrons. The van der Waals surface area contributed by atoms with E-state index in [1.54, 1.807) is 20.8 Å². The standard InChI is InChI=1S/C16H29F3N2O2/c1-5-12(21-14(22)23-15(2,3)4)10-20-13-8-6-11(7-9-13)16(17,18)19/h11-13,20H,5-10H2,1-4H3,(H,21,22). The van der Waals surface area contributed by atoms with Gasteiger partial charge in [-0.15, -0.1) is 0 Å². The van der Waals surface area contributed by atoms with Gasteiger partial charge in [-0.3, -0.25) is 0 Å². The van der Waals surface area contributed by atoms with Crippen molar-refractivity contribution in [3.63, 3.8) is 0 Å². The smallest absolute Gasteiger partial charge is 0.407 e. The molecule has 0 bridgehead atoms. The van der Waals surface area contributed by atoms with E-state index in [0.29, 0.717) is 19.4 Å². The van der Waals surface area contributed by atoms with Crippen molar-refractivity contribution in [3.8, 4) is 0 Å². The summed E-state index contributed by atoms with van der Waals surface area (Å²) in [5.74, 6) is -1.16. The summed E-state index contributed by atoms with van der Waals surface area (Å²) in [6, 6.07) is -0.00623. The lowest BCUT2D eigenvalue weighted by atomic mass is 9.85. The molecule has 1 atom stereocenters. The highest BCUT2D eigenvalue weighted by atomic mass is 19.4. The Morgan fingerprint density at radius 2 is 1.74 bits per heavy atom. The van der Waals surface area contributed by atoms with E-state index in [2.05, 4.69) is 10.6 Å². The Morgan fingerprint density at radius 3 is 2.17 bits per heavy atom. The molecule has 1 saturated carbocycles. The Hall–Kier alpha value is -0.980. The van der Waals surface area contributed by atoms with E-state index in [1.165, 1.54) is 0 Å². The van der Waals surface area contributed by atoms with Crippen molar-refractivity contribution in [1.29, 1.82) is 0 Å². The fourth-order valence-electron chi connectivity index (χ4n) is 2.71. The highest BCUT2D eigenvalue weighted by molar-refractivity contribution is 5.68. The van der Waals surface area contributed by atoms with E-state index in [1.807, 2.05) is 6.92 Å². The molecule has 0 aromatic rings. The lowest BCUT2D eigenvalue weighted by molar-refractivity contribution is -0.182. The van der Waals surface area contributed by atoms with Gasteiger partial charge < -0.3 is 15.4 Å². The van der Waals surface area contributed by atoms with Crippen molar-refractivity contribution >= 4 is 6.09 Å². The molecule has 1 unspecified atom stereocenters. The maximum Gasteiger partial charge on any atom is 0.407 e. The van der Waals surface area contributed by atoms with Gasteiger partial charge in [0.25, 0.3) is 0 Å². The molecule has 0 heterocycles. The van der Waals surface area contributed by atoms with Crippen molar-refractivity contribution in [2.45, 2.75) is 83.7 Å². The maximum atomic E-state index is 12.6. The molecule has 0 spiro atoms. The second-order valence-corrected chi connectivity index (χ2v) is 7.25. The molecule has 1 aliphatic carbocycles. The van der Waals surface area contributed by atoms with Crippen LogP contribution in [0.5, 0.6) is 0 Å². The van der Waals surface area contributed by atoms with E-state index in [9.17, 15) is 18.0 Å². The topological polar surface area (TPSA) is 50.4 Å². The first-order valence-electron chi connectivity index (χ1n) is 8.31. The predicted molar refractivity (Wildman–Crippen MR) is 83.3 cm³/mol. The molecule has 4 nitrogen and oxygen atoms in total. The first-order valence-corrected chi connectivity index (χ1v) is 8.31. The quantitative estimate of drug-likeness (QED) is 0.796. The number of amides is 1. The zero-order chi connectivity index (χ0) is 17.7. The number of hydrogen-bond acceptors (Lipinski definition) is 3. The highest BCUT2D eigenvalue weighted by Gasteiger charge is 2.41. The summed E-state index contributed by atoms with van der Waals surface area (Å²) in [5.41, 5.74) is -0.550. The molecule has 0 aromatic carbocycles. The normalized spacial score (nSPS) is 24.1. The molecule has 0 saturated heterocycles. The van der Waals surface area contributed by atoms with Crippen LogP contribution in [0.15, 0.2) is 0 Å². The lowest BCUT2D eigenvalue weighted by Gasteiger charge is -2.31. The number of carbonyl (C=O) groups is 1. The van der Waals surface area contributed by atoms with Gasteiger partial charge in [0.15, 0.2) is 0 Å². The number of alkyl carbamates (subject to hydrolysis) is 1. The summed E-state index contributed by atoms with van der Waals surface area (Å²) in [4.78, 5) is 11.7.